The van der Waals surface area contributed by atoms with Crippen LogP contribution in [0.15, 0.2) is 48.5 Å². The Labute approximate surface area is 198 Å². The monoisotopic (exact) mass is 492 g/mol. The van der Waals surface area contributed by atoms with Gasteiger partial charge in [0.05, 0.1) is 19.6 Å². The van der Waals surface area contributed by atoms with E-state index in [-0.39, 0.29) is 32.3 Å². The fourth-order valence-electron chi connectivity index (χ4n) is 4.49. The van der Waals surface area contributed by atoms with Crippen LogP contribution in [0, 0.1) is 0 Å². The Kier molecular flexibility index (Phi) is 6.97. The highest BCUT2D eigenvalue weighted by Gasteiger charge is 2.42. The molecule has 0 saturated carbocycles. The molecule has 2 amide bonds. The Morgan fingerprint density at radius 1 is 1.09 bits per heavy atom. The molecule has 0 aromatic heterocycles. The lowest BCUT2D eigenvalue weighted by molar-refractivity contribution is -0.165. The normalized spacial score (nSPS) is 18.4. The number of nitrogens with zero attached hydrogens (tertiary/aromatic N) is 1. The molecule has 8 nitrogen and oxygen atoms in total. The first-order valence-corrected chi connectivity index (χ1v) is 10.9. The summed E-state index contributed by atoms with van der Waals surface area (Å²) >= 11 is 0. The van der Waals surface area contributed by atoms with Gasteiger partial charge in [0.1, 0.15) is 12.6 Å². The molecule has 1 heterocycles. The van der Waals surface area contributed by atoms with Crippen LogP contribution in [0.2, 0.25) is 0 Å². The van der Waals surface area contributed by atoms with Gasteiger partial charge in [-0.05, 0) is 22.3 Å². The number of ether oxygens (including phenoxy) is 2. The van der Waals surface area contributed by atoms with Gasteiger partial charge < -0.3 is 24.8 Å². The van der Waals surface area contributed by atoms with Gasteiger partial charge in [0.25, 0.3) is 0 Å². The van der Waals surface area contributed by atoms with Crippen molar-refractivity contribution in [2.24, 2.45) is 0 Å². The molecule has 1 aliphatic carbocycles. The highest BCUT2D eigenvalue weighted by atomic mass is 19.4. The van der Waals surface area contributed by atoms with Crippen molar-refractivity contribution < 1.29 is 42.1 Å². The van der Waals surface area contributed by atoms with Crippen LogP contribution in [-0.2, 0) is 19.1 Å². The van der Waals surface area contributed by atoms with E-state index in [0.29, 0.717) is 0 Å². The number of carbonyl (C=O) groups is 3. The van der Waals surface area contributed by atoms with Gasteiger partial charge in [-0.1, -0.05) is 48.5 Å². The molecule has 1 aliphatic heterocycles. The molecular formula is C24H23F3N2O6. The molecule has 0 radical (unpaired) electrons. The number of rotatable bonds is 6. The third-order valence-electron chi connectivity index (χ3n) is 6.07. The van der Waals surface area contributed by atoms with Crippen LogP contribution in [0.1, 0.15) is 23.5 Å². The predicted molar refractivity (Wildman–Crippen MR) is 117 cm³/mol. The van der Waals surface area contributed by atoms with E-state index in [4.69, 9.17) is 9.47 Å². The summed E-state index contributed by atoms with van der Waals surface area (Å²) in [4.78, 5) is 37.6. The van der Waals surface area contributed by atoms with Crippen LogP contribution < -0.4 is 5.32 Å². The van der Waals surface area contributed by atoms with Crippen molar-refractivity contribution in [3.8, 4) is 11.1 Å². The van der Waals surface area contributed by atoms with Crippen LogP contribution >= 0.6 is 0 Å². The topological polar surface area (TPSA) is 105 Å². The van der Waals surface area contributed by atoms with Gasteiger partial charge >= 0.3 is 18.2 Å². The molecule has 2 aromatic rings. The van der Waals surface area contributed by atoms with Crippen molar-refractivity contribution in [3.63, 3.8) is 0 Å². The molecule has 1 saturated heterocycles. The maximum atomic E-state index is 13.2. The van der Waals surface area contributed by atoms with E-state index < -0.39 is 42.7 Å². The summed E-state index contributed by atoms with van der Waals surface area (Å²) in [5, 5.41) is 11.3. The number of alkyl halides is 3. The van der Waals surface area contributed by atoms with Gasteiger partial charge in [0, 0.05) is 12.5 Å². The van der Waals surface area contributed by atoms with Crippen molar-refractivity contribution in [2.75, 3.05) is 26.4 Å². The fourth-order valence-corrected chi connectivity index (χ4v) is 4.49. The molecule has 0 spiro atoms. The molecule has 2 N–H and O–H groups in total. The first kappa shape index (κ1) is 24.5. The molecular weight excluding hydrogens is 469 g/mol. The molecule has 1 fully saturated rings. The van der Waals surface area contributed by atoms with Crippen molar-refractivity contribution >= 4 is 18.0 Å². The number of hydrogen-bond donors (Lipinski definition) is 2. The summed E-state index contributed by atoms with van der Waals surface area (Å²) in [6, 6.07) is 11.6. The van der Waals surface area contributed by atoms with E-state index in [0.717, 1.165) is 27.2 Å². The van der Waals surface area contributed by atoms with E-state index >= 15 is 0 Å². The quantitative estimate of drug-likeness (QED) is 0.642. The van der Waals surface area contributed by atoms with E-state index in [1.807, 2.05) is 53.8 Å². The second-order valence-electron chi connectivity index (χ2n) is 8.30. The molecule has 186 valence electrons. The van der Waals surface area contributed by atoms with Crippen LogP contribution in [0.3, 0.4) is 0 Å². The molecule has 0 bridgehead atoms. The standard InChI is InChI=1S/C24H23F3N2O6/c25-24(26,27)11-19(21(30)29-9-10-34-13-20(29)22(31)32)28-23(33)35-12-18-16-7-3-1-5-14(16)15-6-2-4-8-17(15)18/h1-8,18-20H,9-13H2,(H,28,33)(H,31,32). The number of morpholine rings is 1. The Hall–Kier alpha value is -3.60. The lowest BCUT2D eigenvalue weighted by Gasteiger charge is -2.35. The minimum Gasteiger partial charge on any atom is -0.480 e. The minimum atomic E-state index is -4.79. The lowest BCUT2D eigenvalue weighted by atomic mass is 9.98. The molecule has 2 aliphatic rings. The molecule has 2 aromatic carbocycles. The number of halogens is 3. The van der Waals surface area contributed by atoms with E-state index in [2.05, 4.69) is 0 Å². The van der Waals surface area contributed by atoms with Gasteiger partial charge in [-0.3, -0.25) is 4.79 Å². The SMILES string of the molecule is O=C(NC(CC(F)(F)F)C(=O)N1CCOCC1C(=O)O)OCC1c2ccccc2-c2ccccc21. The number of carbonyl (C=O) groups excluding carboxylic acids is 2. The van der Waals surface area contributed by atoms with Gasteiger partial charge in [-0.15, -0.1) is 0 Å². The zero-order chi connectivity index (χ0) is 25.2. The second-order valence-corrected chi connectivity index (χ2v) is 8.30. The number of carboxylic acid groups (broad SMARTS) is 1. The first-order valence-electron chi connectivity index (χ1n) is 10.9. The van der Waals surface area contributed by atoms with Gasteiger partial charge in [0.15, 0.2) is 6.04 Å². The average Bonchev–Trinajstić information content (AvgIpc) is 3.14. The Balaban J connectivity index is 1.47. The number of hydrogen-bond acceptors (Lipinski definition) is 5. The Morgan fingerprint density at radius 3 is 2.26 bits per heavy atom. The van der Waals surface area contributed by atoms with Crippen LogP contribution in [0.4, 0.5) is 18.0 Å². The smallest absolute Gasteiger partial charge is 0.407 e. The summed E-state index contributed by atoms with van der Waals surface area (Å²) in [7, 11) is 0. The third kappa shape index (κ3) is 5.40. The Morgan fingerprint density at radius 2 is 1.69 bits per heavy atom. The first-order chi connectivity index (χ1) is 16.7. The van der Waals surface area contributed by atoms with Gasteiger partial charge in [0.2, 0.25) is 5.91 Å². The van der Waals surface area contributed by atoms with Crippen LogP contribution in [0.25, 0.3) is 11.1 Å². The fraction of sp³-hybridized carbons (Fsp3) is 0.375. The zero-order valence-electron chi connectivity index (χ0n) is 18.5. The molecule has 35 heavy (non-hydrogen) atoms. The summed E-state index contributed by atoms with van der Waals surface area (Å²) in [5.41, 5.74) is 3.80. The summed E-state index contributed by atoms with van der Waals surface area (Å²) in [6.45, 7) is -0.747. The number of fused-ring (bicyclic) bond motifs is 3. The van der Waals surface area contributed by atoms with Crippen molar-refractivity contribution in [3.05, 3.63) is 59.7 Å². The summed E-state index contributed by atoms with van der Waals surface area (Å²) < 4.78 is 49.9. The van der Waals surface area contributed by atoms with Crippen molar-refractivity contribution in [1.82, 2.24) is 10.2 Å². The zero-order valence-corrected chi connectivity index (χ0v) is 18.5. The number of alkyl carbamates (subject to hydrolysis) is 1. The molecule has 2 unspecified atom stereocenters. The molecule has 2 atom stereocenters. The molecule has 11 heteroatoms. The Bertz CT molecular complexity index is 1080. The lowest BCUT2D eigenvalue weighted by Crippen LogP contribution is -2.59. The van der Waals surface area contributed by atoms with Crippen molar-refractivity contribution in [2.45, 2.75) is 30.6 Å². The van der Waals surface area contributed by atoms with E-state index in [1.54, 1.807) is 0 Å². The third-order valence-corrected chi connectivity index (χ3v) is 6.07. The summed E-state index contributed by atoms with van der Waals surface area (Å²) in [5.74, 6) is -2.89. The summed E-state index contributed by atoms with van der Waals surface area (Å²) in [6.07, 6.45) is -7.66. The average molecular weight is 492 g/mol. The number of amides is 2. The van der Waals surface area contributed by atoms with E-state index in [9.17, 15) is 32.7 Å². The second kappa shape index (κ2) is 9.95. The highest BCUT2D eigenvalue weighted by molar-refractivity contribution is 5.89. The van der Waals surface area contributed by atoms with Crippen LogP contribution in [-0.4, -0.2) is 72.6 Å². The van der Waals surface area contributed by atoms with E-state index in [1.165, 1.54) is 0 Å². The predicted octanol–water partition coefficient (Wildman–Crippen LogP) is 3.16. The molecule has 4 rings (SSSR count). The van der Waals surface area contributed by atoms with Crippen LogP contribution in [0.5, 0.6) is 0 Å². The number of carboxylic acids is 1. The number of nitrogens with one attached hydrogen (secondary N) is 1. The largest absolute Gasteiger partial charge is 0.480 e. The number of benzene rings is 2. The number of aliphatic carboxylic acids is 1. The highest BCUT2D eigenvalue weighted by Crippen LogP contribution is 2.44. The maximum absolute atomic E-state index is 13.2. The minimum absolute atomic E-state index is 0.0286. The van der Waals surface area contributed by atoms with Crippen molar-refractivity contribution in [1.29, 1.82) is 0 Å². The van der Waals surface area contributed by atoms with Gasteiger partial charge in [-0.2, -0.15) is 13.2 Å². The maximum Gasteiger partial charge on any atom is 0.407 e. The van der Waals surface area contributed by atoms with Gasteiger partial charge in [-0.25, -0.2) is 9.59 Å².